The number of ether oxygens (including phenoxy) is 1. The molecule has 1 aliphatic rings. The number of fused-ring (bicyclic) bond motifs is 3. The van der Waals surface area contributed by atoms with E-state index in [9.17, 15) is 0 Å². The van der Waals surface area contributed by atoms with Crippen LogP contribution >= 0.6 is 0 Å². The number of hydrogen-bond donors (Lipinski definition) is 1. The van der Waals surface area contributed by atoms with E-state index < -0.39 is 0 Å². The van der Waals surface area contributed by atoms with Crippen LogP contribution in [0.15, 0.2) is 115 Å². The van der Waals surface area contributed by atoms with Gasteiger partial charge in [0, 0.05) is 22.4 Å². The van der Waals surface area contributed by atoms with Crippen molar-refractivity contribution in [2.45, 2.75) is 19.3 Å². The largest absolute Gasteiger partial charge is 0.497 e. The van der Waals surface area contributed by atoms with Gasteiger partial charge in [-0.15, -0.1) is 0 Å². The second kappa shape index (κ2) is 8.73. The molecule has 6 rings (SSSR count). The molecule has 0 spiro atoms. The predicted octanol–water partition coefficient (Wildman–Crippen LogP) is 9.08. The van der Waals surface area contributed by atoms with Crippen LogP contribution in [0.3, 0.4) is 0 Å². The summed E-state index contributed by atoms with van der Waals surface area (Å²) in [6, 6.07) is 41.0. The zero-order valence-electron chi connectivity index (χ0n) is 20.9. The molecule has 0 aromatic heterocycles. The molecule has 176 valence electrons. The third kappa shape index (κ3) is 3.76. The zero-order chi connectivity index (χ0) is 24.7. The maximum atomic E-state index is 5.54. The molecule has 0 aliphatic heterocycles. The summed E-state index contributed by atoms with van der Waals surface area (Å²) >= 11 is 0. The van der Waals surface area contributed by atoms with Crippen LogP contribution in [-0.4, -0.2) is 7.11 Å². The number of hydrogen-bond acceptors (Lipinski definition) is 2. The molecule has 0 unspecified atom stereocenters. The third-order valence-electron chi connectivity index (χ3n) is 7.37. The Kier molecular flexibility index (Phi) is 5.38. The minimum atomic E-state index is -0.0365. The molecule has 0 bridgehead atoms. The lowest BCUT2D eigenvalue weighted by Crippen LogP contribution is -2.14. The first kappa shape index (κ1) is 22.2. The quantitative estimate of drug-likeness (QED) is 0.278. The fraction of sp³-hybridized carbons (Fsp3) is 0.118. The van der Waals surface area contributed by atoms with Crippen molar-refractivity contribution in [3.63, 3.8) is 0 Å². The summed E-state index contributed by atoms with van der Waals surface area (Å²) in [5.41, 5.74) is 12.1. The number of methoxy groups -OCH3 is 1. The SMILES string of the molecule is COc1ccc2c(c1)-c1cc(Nc3ccccc3-c3cccc(-c4ccccc4)c3)ccc1C2(C)C. The number of benzene rings is 5. The van der Waals surface area contributed by atoms with Gasteiger partial charge in [0.2, 0.25) is 0 Å². The van der Waals surface area contributed by atoms with Gasteiger partial charge in [-0.1, -0.05) is 92.7 Å². The van der Waals surface area contributed by atoms with E-state index in [1.807, 2.05) is 0 Å². The molecule has 0 saturated heterocycles. The summed E-state index contributed by atoms with van der Waals surface area (Å²) in [4.78, 5) is 0. The first-order chi connectivity index (χ1) is 17.5. The molecule has 2 heteroatoms. The van der Waals surface area contributed by atoms with Gasteiger partial charge in [0.1, 0.15) is 5.75 Å². The van der Waals surface area contributed by atoms with Crippen molar-refractivity contribution in [2.75, 3.05) is 12.4 Å². The Bertz CT molecular complexity index is 1570. The van der Waals surface area contributed by atoms with Gasteiger partial charge in [-0.05, 0) is 75.3 Å². The minimum absolute atomic E-state index is 0.0365. The van der Waals surface area contributed by atoms with E-state index in [-0.39, 0.29) is 5.41 Å². The molecule has 0 fully saturated rings. The Morgan fingerprint density at radius 2 is 1.22 bits per heavy atom. The Morgan fingerprint density at radius 3 is 2.03 bits per heavy atom. The second-order valence-electron chi connectivity index (χ2n) is 9.91. The number of para-hydroxylation sites is 1. The Labute approximate surface area is 213 Å². The maximum absolute atomic E-state index is 5.54. The lowest BCUT2D eigenvalue weighted by molar-refractivity contribution is 0.414. The number of rotatable bonds is 5. The van der Waals surface area contributed by atoms with Crippen LogP contribution in [-0.2, 0) is 5.41 Å². The molecule has 0 heterocycles. The molecule has 0 saturated carbocycles. The van der Waals surface area contributed by atoms with Gasteiger partial charge in [0.25, 0.3) is 0 Å². The third-order valence-corrected chi connectivity index (χ3v) is 7.37. The summed E-state index contributed by atoms with van der Waals surface area (Å²) in [6.07, 6.45) is 0. The van der Waals surface area contributed by atoms with E-state index in [0.29, 0.717) is 0 Å². The molecule has 5 aromatic rings. The highest BCUT2D eigenvalue weighted by Gasteiger charge is 2.35. The highest BCUT2D eigenvalue weighted by molar-refractivity contribution is 5.87. The van der Waals surface area contributed by atoms with Gasteiger partial charge < -0.3 is 10.1 Å². The van der Waals surface area contributed by atoms with Crippen LogP contribution in [0, 0.1) is 0 Å². The van der Waals surface area contributed by atoms with Crippen molar-refractivity contribution >= 4 is 11.4 Å². The van der Waals surface area contributed by atoms with Crippen LogP contribution in [0.5, 0.6) is 5.75 Å². The Hall–Kier alpha value is -4.30. The van der Waals surface area contributed by atoms with E-state index in [4.69, 9.17) is 4.74 Å². The second-order valence-corrected chi connectivity index (χ2v) is 9.91. The van der Waals surface area contributed by atoms with E-state index in [2.05, 4.69) is 134 Å². The van der Waals surface area contributed by atoms with Crippen LogP contribution in [0.1, 0.15) is 25.0 Å². The summed E-state index contributed by atoms with van der Waals surface area (Å²) in [5, 5.41) is 3.72. The molecular formula is C34H29NO. The number of anilines is 2. The van der Waals surface area contributed by atoms with Gasteiger partial charge in [-0.2, -0.15) is 0 Å². The first-order valence-corrected chi connectivity index (χ1v) is 12.4. The van der Waals surface area contributed by atoms with E-state index in [0.717, 1.165) is 17.1 Å². The van der Waals surface area contributed by atoms with Crippen molar-refractivity contribution in [2.24, 2.45) is 0 Å². The molecule has 0 radical (unpaired) electrons. The van der Waals surface area contributed by atoms with Gasteiger partial charge in [-0.25, -0.2) is 0 Å². The normalized spacial score (nSPS) is 13.1. The smallest absolute Gasteiger partial charge is 0.119 e. The Morgan fingerprint density at radius 1 is 0.556 bits per heavy atom. The van der Waals surface area contributed by atoms with Crippen molar-refractivity contribution in [3.05, 3.63) is 126 Å². The molecule has 36 heavy (non-hydrogen) atoms. The fourth-order valence-electron chi connectivity index (χ4n) is 5.45. The van der Waals surface area contributed by atoms with Gasteiger partial charge in [0.05, 0.1) is 7.11 Å². The average Bonchev–Trinajstić information content (AvgIpc) is 3.15. The molecule has 0 atom stereocenters. The fourth-order valence-corrected chi connectivity index (χ4v) is 5.45. The van der Waals surface area contributed by atoms with Crippen molar-refractivity contribution in [1.82, 2.24) is 0 Å². The van der Waals surface area contributed by atoms with E-state index in [1.54, 1.807) is 7.11 Å². The lowest BCUT2D eigenvalue weighted by Gasteiger charge is -2.21. The molecular weight excluding hydrogens is 438 g/mol. The van der Waals surface area contributed by atoms with Crippen molar-refractivity contribution in [3.8, 4) is 39.1 Å². The highest BCUT2D eigenvalue weighted by Crippen LogP contribution is 2.50. The molecule has 1 N–H and O–H groups in total. The molecule has 5 aromatic carbocycles. The highest BCUT2D eigenvalue weighted by atomic mass is 16.5. The zero-order valence-corrected chi connectivity index (χ0v) is 20.9. The van der Waals surface area contributed by atoms with E-state index >= 15 is 0 Å². The van der Waals surface area contributed by atoms with Gasteiger partial charge in [-0.3, -0.25) is 0 Å². The standard InChI is InChI=1S/C34H29NO/c1-34(2)31-18-16-26(21-29(31)30-22-27(36-3)17-19-32(30)34)35-33-15-8-7-14-28(33)25-13-9-12-24(20-25)23-10-5-4-6-11-23/h4-22,35H,1-3H3. The van der Waals surface area contributed by atoms with Crippen LogP contribution in [0.2, 0.25) is 0 Å². The maximum Gasteiger partial charge on any atom is 0.119 e. The molecule has 0 amide bonds. The van der Waals surface area contributed by atoms with Crippen LogP contribution in [0.25, 0.3) is 33.4 Å². The van der Waals surface area contributed by atoms with Gasteiger partial charge in [0.15, 0.2) is 0 Å². The monoisotopic (exact) mass is 467 g/mol. The molecule has 2 nitrogen and oxygen atoms in total. The van der Waals surface area contributed by atoms with Crippen molar-refractivity contribution in [1.29, 1.82) is 0 Å². The summed E-state index contributed by atoms with van der Waals surface area (Å²) in [6.45, 7) is 4.60. The van der Waals surface area contributed by atoms with E-state index in [1.165, 1.54) is 44.5 Å². The number of nitrogens with one attached hydrogen (secondary N) is 1. The minimum Gasteiger partial charge on any atom is -0.497 e. The van der Waals surface area contributed by atoms with Crippen LogP contribution < -0.4 is 10.1 Å². The van der Waals surface area contributed by atoms with Gasteiger partial charge >= 0.3 is 0 Å². The molecule has 1 aliphatic carbocycles. The van der Waals surface area contributed by atoms with Crippen molar-refractivity contribution < 1.29 is 4.74 Å². The van der Waals surface area contributed by atoms with Crippen LogP contribution in [0.4, 0.5) is 11.4 Å². The summed E-state index contributed by atoms with van der Waals surface area (Å²) in [7, 11) is 1.73. The average molecular weight is 468 g/mol. The summed E-state index contributed by atoms with van der Waals surface area (Å²) in [5.74, 6) is 0.888. The summed E-state index contributed by atoms with van der Waals surface area (Å²) < 4.78 is 5.54. The first-order valence-electron chi connectivity index (χ1n) is 12.4. The predicted molar refractivity (Wildman–Crippen MR) is 151 cm³/mol. The Balaban J connectivity index is 1.38. The topological polar surface area (TPSA) is 21.3 Å². The lowest BCUT2D eigenvalue weighted by atomic mass is 9.82.